The summed E-state index contributed by atoms with van der Waals surface area (Å²) in [6, 6.07) is 0. The van der Waals surface area contributed by atoms with E-state index in [-0.39, 0.29) is 5.44 Å². The predicted octanol–water partition coefficient (Wildman–Crippen LogP) is 0.540. The van der Waals surface area contributed by atoms with Gasteiger partial charge in [-0.1, -0.05) is 12.6 Å². The van der Waals surface area contributed by atoms with Crippen LogP contribution in [0.2, 0.25) is 0 Å². The number of hydrogen-bond donors (Lipinski definition) is 0. The molecule has 4 heavy (non-hydrogen) atoms. The molecule has 1 nitrogen and oxygen atoms in total. The van der Waals surface area contributed by atoms with Crippen molar-refractivity contribution in [1.82, 2.24) is 0 Å². The first-order valence-corrected chi connectivity index (χ1v) is 1.64. The fraction of sp³-hybridized carbons (Fsp3) is 1.00. The van der Waals surface area contributed by atoms with Crippen LogP contribution in [-0.2, 0) is 4.74 Å². The van der Waals surface area contributed by atoms with Crippen molar-refractivity contribution in [1.29, 1.82) is 0 Å². The van der Waals surface area contributed by atoms with E-state index in [0.29, 0.717) is 0 Å². The van der Waals surface area contributed by atoms with E-state index in [1.807, 2.05) is 0 Å². The van der Waals surface area contributed by atoms with E-state index in [0.717, 1.165) is 6.61 Å². The SMILES string of the molecule is [S]C1CO1. The highest BCUT2D eigenvalue weighted by molar-refractivity contribution is 7.81. The minimum atomic E-state index is 0.167. The van der Waals surface area contributed by atoms with Crippen LogP contribution in [0.25, 0.3) is 0 Å². The monoisotopic (exact) mass is 75.0 g/mol. The smallest absolute Gasteiger partial charge is 0.136 e. The van der Waals surface area contributed by atoms with Crippen LogP contribution in [0.5, 0.6) is 0 Å². The summed E-state index contributed by atoms with van der Waals surface area (Å²) >= 11 is 4.51. The van der Waals surface area contributed by atoms with Gasteiger partial charge in [-0.05, 0) is 0 Å². The molecule has 1 aliphatic heterocycles. The molecule has 1 fully saturated rings. The van der Waals surface area contributed by atoms with Gasteiger partial charge >= 0.3 is 0 Å². The van der Waals surface area contributed by atoms with Crippen molar-refractivity contribution < 1.29 is 4.74 Å². The Labute approximate surface area is 30.4 Å². The maximum Gasteiger partial charge on any atom is 0.136 e. The fourth-order valence-electron chi connectivity index (χ4n) is 0.0393. The Balaban J connectivity index is 2.17. The molecular formula is C2H3OS. The summed E-state index contributed by atoms with van der Waals surface area (Å²) in [7, 11) is 0. The number of hydrogen-bond acceptors (Lipinski definition) is 1. The Morgan fingerprint density at radius 2 is 2.25 bits per heavy atom. The second-order valence-corrected chi connectivity index (χ2v) is 1.29. The fourth-order valence-corrected chi connectivity index (χ4v) is 0.118. The Morgan fingerprint density at radius 1 is 2.00 bits per heavy atom. The van der Waals surface area contributed by atoms with Crippen molar-refractivity contribution in [2.45, 2.75) is 5.44 Å². The highest BCUT2D eigenvalue weighted by atomic mass is 32.1. The van der Waals surface area contributed by atoms with Gasteiger partial charge < -0.3 is 4.74 Å². The largest absolute Gasteiger partial charge is 0.361 e. The molecule has 1 atom stereocenters. The first kappa shape index (κ1) is 2.54. The highest BCUT2D eigenvalue weighted by Gasteiger charge is 2.15. The molecule has 0 aromatic heterocycles. The van der Waals surface area contributed by atoms with Crippen LogP contribution < -0.4 is 0 Å². The van der Waals surface area contributed by atoms with E-state index in [9.17, 15) is 0 Å². The van der Waals surface area contributed by atoms with E-state index >= 15 is 0 Å². The summed E-state index contributed by atoms with van der Waals surface area (Å²) in [6.45, 7) is 0.801. The molecule has 1 rings (SSSR count). The summed E-state index contributed by atoms with van der Waals surface area (Å²) in [4.78, 5) is 0. The van der Waals surface area contributed by atoms with Crippen molar-refractivity contribution in [3.05, 3.63) is 0 Å². The molecule has 1 aliphatic rings. The molecule has 0 amide bonds. The molecule has 0 N–H and O–H groups in total. The third-order valence-electron chi connectivity index (χ3n) is 0.303. The zero-order valence-corrected chi connectivity index (χ0v) is 2.92. The molecule has 2 heteroatoms. The van der Waals surface area contributed by atoms with Gasteiger partial charge in [-0.2, -0.15) is 0 Å². The minimum Gasteiger partial charge on any atom is -0.361 e. The summed E-state index contributed by atoms with van der Waals surface area (Å²) in [5.41, 5.74) is 0.167. The zero-order chi connectivity index (χ0) is 2.99. The van der Waals surface area contributed by atoms with E-state index in [2.05, 4.69) is 17.4 Å². The molecule has 1 saturated heterocycles. The first-order chi connectivity index (χ1) is 1.89. The van der Waals surface area contributed by atoms with Crippen LogP contribution >= 0.6 is 12.6 Å². The van der Waals surface area contributed by atoms with Gasteiger partial charge in [0.05, 0.1) is 6.61 Å². The lowest BCUT2D eigenvalue weighted by Gasteiger charge is -1.48. The van der Waals surface area contributed by atoms with Gasteiger partial charge in [-0.25, -0.2) is 0 Å². The summed E-state index contributed by atoms with van der Waals surface area (Å²) in [6.07, 6.45) is 0. The minimum absolute atomic E-state index is 0.167. The summed E-state index contributed by atoms with van der Waals surface area (Å²) in [5.74, 6) is 0. The number of epoxide rings is 1. The average Bonchev–Trinajstić information content (AvgIpc) is 1.75. The maximum absolute atomic E-state index is 4.52. The van der Waals surface area contributed by atoms with Crippen LogP contribution in [0.3, 0.4) is 0 Å². The van der Waals surface area contributed by atoms with E-state index in [1.165, 1.54) is 0 Å². The first-order valence-electron chi connectivity index (χ1n) is 1.17. The molecule has 0 aromatic carbocycles. The van der Waals surface area contributed by atoms with Crippen LogP contribution in [0.15, 0.2) is 0 Å². The standard InChI is InChI=1S/C2H3OS/c4-2-1-3-2/h2H,1H2. The topological polar surface area (TPSA) is 12.5 Å². The second-order valence-electron chi connectivity index (χ2n) is 0.763. The lowest BCUT2D eigenvalue weighted by molar-refractivity contribution is 0.461. The van der Waals surface area contributed by atoms with Crippen LogP contribution in [0, 0.1) is 0 Å². The normalized spacial score (nSPS) is 39.8. The Kier molecular flexibility index (Phi) is 0.398. The Hall–Kier alpha value is 0.310. The summed E-state index contributed by atoms with van der Waals surface area (Å²) in [5, 5.41) is 0. The van der Waals surface area contributed by atoms with Crippen LogP contribution in [-0.4, -0.2) is 12.0 Å². The van der Waals surface area contributed by atoms with Gasteiger partial charge in [0.1, 0.15) is 5.44 Å². The molecule has 1 unspecified atom stereocenters. The van der Waals surface area contributed by atoms with Gasteiger partial charge in [-0.15, -0.1) is 0 Å². The second kappa shape index (κ2) is 0.626. The van der Waals surface area contributed by atoms with Gasteiger partial charge in [0.2, 0.25) is 0 Å². The Bertz CT molecular complexity index is 25.2. The Morgan fingerprint density at radius 3 is 2.25 bits per heavy atom. The van der Waals surface area contributed by atoms with Crippen LogP contribution in [0.4, 0.5) is 0 Å². The quantitative estimate of drug-likeness (QED) is 0.383. The molecule has 0 aliphatic carbocycles. The highest BCUT2D eigenvalue weighted by Crippen LogP contribution is 2.10. The third-order valence-corrected chi connectivity index (χ3v) is 0.575. The molecule has 0 spiro atoms. The lowest BCUT2D eigenvalue weighted by Crippen LogP contribution is -1.51. The molecule has 1 heterocycles. The van der Waals surface area contributed by atoms with Crippen molar-refractivity contribution in [3.63, 3.8) is 0 Å². The van der Waals surface area contributed by atoms with Crippen molar-refractivity contribution in [2.24, 2.45) is 0 Å². The zero-order valence-electron chi connectivity index (χ0n) is 2.10. The maximum atomic E-state index is 4.52. The number of ether oxygens (including phenoxy) is 1. The molecule has 0 saturated carbocycles. The molecule has 0 bridgehead atoms. The van der Waals surface area contributed by atoms with Crippen molar-refractivity contribution >= 4 is 12.6 Å². The molecular weight excluding hydrogens is 72.1 g/mol. The van der Waals surface area contributed by atoms with Gasteiger partial charge in [-0.3, -0.25) is 0 Å². The molecule has 0 aromatic rings. The summed E-state index contributed by atoms with van der Waals surface area (Å²) < 4.78 is 4.52. The van der Waals surface area contributed by atoms with Crippen molar-refractivity contribution in [2.75, 3.05) is 6.61 Å². The van der Waals surface area contributed by atoms with Gasteiger partial charge in [0.15, 0.2) is 0 Å². The van der Waals surface area contributed by atoms with E-state index in [4.69, 9.17) is 0 Å². The van der Waals surface area contributed by atoms with Crippen molar-refractivity contribution in [3.8, 4) is 0 Å². The van der Waals surface area contributed by atoms with E-state index in [1.54, 1.807) is 0 Å². The molecule has 1 radical (unpaired) electrons. The third kappa shape index (κ3) is 0.362. The van der Waals surface area contributed by atoms with E-state index < -0.39 is 0 Å². The van der Waals surface area contributed by atoms with Gasteiger partial charge in [0, 0.05) is 0 Å². The number of rotatable bonds is 0. The molecule has 23 valence electrons. The lowest BCUT2D eigenvalue weighted by atomic mass is 11.0. The predicted molar refractivity (Wildman–Crippen MR) is 17.3 cm³/mol. The average molecular weight is 75.1 g/mol. The van der Waals surface area contributed by atoms with Crippen LogP contribution in [0.1, 0.15) is 0 Å². The van der Waals surface area contributed by atoms with Gasteiger partial charge in [0.25, 0.3) is 0 Å².